The monoisotopic (exact) mass is 236 g/mol. The summed E-state index contributed by atoms with van der Waals surface area (Å²) in [5, 5.41) is 2.98. The molecule has 1 aromatic rings. The molecule has 94 valence electrons. The molecule has 5 heteroatoms. The van der Waals surface area contributed by atoms with Crippen LogP contribution in [-0.4, -0.2) is 43.8 Å². The molecule has 0 spiro atoms. The van der Waals surface area contributed by atoms with Crippen molar-refractivity contribution < 1.29 is 4.74 Å². The van der Waals surface area contributed by atoms with Crippen LogP contribution < -0.4 is 10.2 Å². The second-order valence-electron chi connectivity index (χ2n) is 4.51. The molecule has 1 aliphatic heterocycles. The largest absolute Gasteiger partial charge is 0.384 e. The maximum Gasteiger partial charge on any atom is 0.224 e. The van der Waals surface area contributed by atoms with Crippen LogP contribution in [0.25, 0.3) is 0 Å². The lowest BCUT2D eigenvalue weighted by atomic mass is 10.1. The molecule has 1 N–H and O–H groups in total. The molecule has 2 heterocycles. The summed E-state index contributed by atoms with van der Waals surface area (Å²) in [6.07, 6.45) is 3.05. The van der Waals surface area contributed by atoms with E-state index in [2.05, 4.69) is 27.1 Å². The van der Waals surface area contributed by atoms with Crippen molar-refractivity contribution >= 4 is 11.8 Å². The molecule has 0 bridgehead atoms. The summed E-state index contributed by atoms with van der Waals surface area (Å²) in [5.41, 5.74) is 1.13. The number of nitrogens with one attached hydrogen (secondary N) is 1. The third-order valence-corrected chi connectivity index (χ3v) is 3.16. The Bertz CT molecular complexity index is 383. The van der Waals surface area contributed by atoms with Crippen LogP contribution in [0.2, 0.25) is 0 Å². The van der Waals surface area contributed by atoms with Crippen molar-refractivity contribution in [3.63, 3.8) is 0 Å². The Balaban J connectivity index is 2.12. The fraction of sp³-hybridized carbons (Fsp3) is 0.667. The van der Waals surface area contributed by atoms with Gasteiger partial charge in [-0.2, -0.15) is 4.98 Å². The average Bonchev–Trinajstić information content (AvgIpc) is 2.79. The second-order valence-corrected chi connectivity index (χ2v) is 4.51. The first-order valence-corrected chi connectivity index (χ1v) is 6.00. The van der Waals surface area contributed by atoms with Gasteiger partial charge in [0.15, 0.2) is 0 Å². The molecule has 0 aromatic carbocycles. The van der Waals surface area contributed by atoms with Crippen molar-refractivity contribution in [1.29, 1.82) is 0 Å². The van der Waals surface area contributed by atoms with E-state index in [1.54, 1.807) is 7.11 Å². The zero-order chi connectivity index (χ0) is 12.3. The van der Waals surface area contributed by atoms with Gasteiger partial charge in [0.1, 0.15) is 5.82 Å². The van der Waals surface area contributed by atoms with Crippen LogP contribution in [-0.2, 0) is 4.74 Å². The number of anilines is 2. The van der Waals surface area contributed by atoms with Crippen molar-refractivity contribution in [2.24, 2.45) is 5.92 Å². The van der Waals surface area contributed by atoms with E-state index in [4.69, 9.17) is 4.74 Å². The Morgan fingerprint density at radius 1 is 1.59 bits per heavy atom. The number of nitrogens with zero attached hydrogens (tertiary/aromatic N) is 3. The molecule has 0 radical (unpaired) electrons. The van der Waals surface area contributed by atoms with Crippen LogP contribution in [0.15, 0.2) is 6.20 Å². The fourth-order valence-corrected chi connectivity index (χ4v) is 2.27. The smallest absolute Gasteiger partial charge is 0.224 e. The topological polar surface area (TPSA) is 50.3 Å². The van der Waals surface area contributed by atoms with Gasteiger partial charge < -0.3 is 15.0 Å². The van der Waals surface area contributed by atoms with Gasteiger partial charge in [-0.25, -0.2) is 4.98 Å². The molecule has 1 unspecified atom stereocenters. The Kier molecular flexibility index (Phi) is 3.78. The predicted octanol–water partition coefficient (Wildman–Crippen LogP) is 1.30. The van der Waals surface area contributed by atoms with E-state index in [0.717, 1.165) is 31.1 Å². The van der Waals surface area contributed by atoms with E-state index in [1.165, 1.54) is 6.42 Å². The first-order valence-electron chi connectivity index (χ1n) is 6.00. The molecule has 1 saturated heterocycles. The Labute approximate surface area is 102 Å². The van der Waals surface area contributed by atoms with Gasteiger partial charge in [-0.15, -0.1) is 0 Å². The van der Waals surface area contributed by atoms with Crippen molar-refractivity contribution in [1.82, 2.24) is 9.97 Å². The molecule has 0 amide bonds. The molecule has 1 aliphatic rings. The summed E-state index contributed by atoms with van der Waals surface area (Å²) in [6.45, 7) is 4.96. The summed E-state index contributed by atoms with van der Waals surface area (Å²) in [7, 11) is 3.60. The summed E-state index contributed by atoms with van der Waals surface area (Å²) in [5.74, 6) is 2.34. The average molecular weight is 236 g/mol. The summed E-state index contributed by atoms with van der Waals surface area (Å²) < 4.78 is 5.21. The van der Waals surface area contributed by atoms with Gasteiger partial charge in [0.25, 0.3) is 0 Å². The molecule has 1 aromatic heterocycles. The lowest BCUT2D eigenvalue weighted by Crippen LogP contribution is -2.23. The zero-order valence-corrected chi connectivity index (χ0v) is 10.7. The van der Waals surface area contributed by atoms with Crippen LogP contribution in [0.3, 0.4) is 0 Å². The molecule has 1 atom stereocenters. The van der Waals surface area contributed by atoms with Gasteiger partial charge in [0.2, 0.25) is 5.95 Å². The molecule has 1 fully saturated rings. The number of ether oxygens (including phenoxy) is 1. The number of aryl methyl sites for hydroxylation is 1. The second kappa shape index (κ2) is 5.31. The van der Waals surface area contributed by atoms with Gasteiger partial charge in [-0.05, 0) is 13.3 Å². The number of aromatic nitrogens is 2. The maximum absolute atomic E-state index is 5.21. The number of hydrogen-bond donors (Lipinski definition) is 1. The van der Waals surface area contributed by atoms with Gasteiger partial charge in [0, 0.05) is 44.9 Å². The Morgan fingerprint density at radius 2 is 2.41 bits per heavy atom. The normalized spacial score (nSPS) is 19.7. The number of rotatable bonds is 4. The van der Waals surface area contributed by atoms with Crippen LogP contribution in [0.1, 0.15) is 12.0 Å². The van der Waals surface area contributed by atoms with E-state index in [9.17, 15) is 0 Å². The highest BCUT2D eigenvalue weighted by Gasteiger charge is 2.24. The first-order chi connectivity index (χ1) is 8.24. The Morgan fingerprint density at radius 3 is 3.12 bits per heavy atom. The fourth-order valence-electron chi connectivity index (χ4n) is 2.27. The molecular formula is C12H20N4O. The third kappa shape index (κ3) is 2.66. The first kappa shape index (κ1) is 12.1. The van der Waals surface area contributed by atoms with Crippen molar-refractivity contribution in [3.8, 4) is 0 Å². The van der Waals surface area contributed by atoms with E-state index in [1.807, 2.05) is 13.2 Å². The minimum absolute atomic E-state index is 0.618. The maximum atomic E-state index is 5.21. The highest BCUT2D eigenvalue weighted by molar-refractivity contribution is 5.49. The highest BCUT2D eigenvalue weighted by atomic mass is 16.5. The summed E-state index contributed by atoms with van der Waals surface area (Å²) >= 11 is 0. The molecule has 17 heavy (non-hydrogen) atoms. The molecule has 0 aliphatic carbocycles. The van der Waals surface area contributed by atoms with Crippen molar-refractivity contribution in [2.75, 3.05) is 44.1 Å². The standard InChI is InChI=1S/C12H20N4O/c1-9-6-14-12(13-2)15-11(9)16-5-4-10(7-16)8-17-3/h6,10H,4-5,7-8H2,1-3H3,(H,13,14,15). The van der Waals surface area contributed by atoms with Crippen LogP contribution in [0.4, 0.5) is 11.8 Å². The predicted molar refractivity (Wildman–Crippen MR) is 68.5 cm³/mol. The third-order valence-electron chi connectivity index (χ3n) is 3.16. The Hall–Kier alpha value is -1.36. The van der Waals surface area contributed by atoms with Crippen LogP contribution in [0.5, 0.6) is 0 Å². The number of hydrogen-bond acceptors (Lipinski definition) is 5. The minimum Gasteiger partial charge on any atom is -0.384 e. The van der Waals surface area contributed by atoms with E-state index >= 15 is 0 Å². The van der Waals surface area contributed by atoms with Crippen LogP contribution in [0, 0.1) is 12.8 Å². The quantitative estimate of drug-likeness (QED) is 0.854. The van der Waals surface area contributed by atoms with E-state index in [-0.39, 0.29) is 0 Å². The molecular weight excluding hydrogens is 216 g/mol. The van der Waals surface area contributed by atoms with Crippen molar-refractivity contribution in [3.05, 3.63) is 11.8 Å². The van der Waals surface area contributed by atoms with Gasteiger partial charge in [0.05, 0.1) is 6.61 Å². The lowest BCUT2D eigenvalue weighted by Gasteiger charge is -2.19. The summed E-state index contributed by atoms with van der Waals surface area (Å²) in [6, 6.07) is 0. The van der Waals surface area contributed by atoms with Gasteiger partial charge >= 0.3 is 0 Å². The van der Waals surface area contributed by atoms with Gasteiger partial charge in [-0.3, -0.25) is 0 Å². The van der Waals surface area contributed by atoms with Gasteiger partial charge in [-0.1, -0.05) is 0 Å². The zero-order valence-electron chi connectivity index (χ0n) is 10.7. The highest BCUT2D eigenvalue weighted by Crippen LogP contribution is 2.25. The molecule has 0 saturated carbocycles. The number of methoxy groups -OCH3 is 1. The minimum atomic E-state index is 0.618. The lowest BCUT2D eigenvalue weighted by molar-refractivity contribution is 0.161. The van der Waals surface area contributed by atoms with E-state index in [0.29, 0.717) is 11.9 Å². The van der Waals surface area contributed by atoms with Crippen LogP contribution >= 0.6 is 0 Å². The van der Waals surface area contributed by atoms with Crippen molar-refractivity contribution in [2.45, 2.75) is 13.3 Å². The summed E-state index contributed by atoms with van der Waals surface area (Å²) in [4.78, 5) is 11.1. The molecule has 5 nitrogen and oxygen atoms in total. The van der Waals surface area contributed by atoms with E-state index < -0.39 is 0 Å². The molecule has 2 rings (SSSR count). The SMILES string of the molecule is CNc1ncc(C)c(N2CCC(COC)C2)n1.